The Hall–Kier alpha value is -1.65. The molecule has 4 nitrogen and oxygen atoms in total. The third-order valence-corrected chi connectivity index (χ3v) is 4.09. The second-order valence-electron chi connectivity index (χ2n) is 6.11. The summed E-state index contributed by atoms with van der Waals surface area (Å²) in [6, 6.07) is 6.99. The summed E-state index contributed by atoms with van der Waals surface area (Å²) in [5, 5.41) is 13.2. The van der Waals surface area contributed by atoms with Crippen LogP contribution in [0.2, 0.25) is 0 Å². The number of aliphatic hydroxyl groups excluding tert-OH is 1. The van der Waals surface area contributed by atoms with E-state index in [1.165, 1.54) is 32.6 Å². The molecule has 0 unspecified atom stereocenters. The van der Waals surface area contributed by atoms with Gasteiger partial charge in [-0.15, -0.1) is 0 Å². The second-order valence-corrected chi connectivity index (χ2v) is 6.11. The monoisotopic (exact) mass is 317 g/mol. The van der Waals surface area contributed by atoms with Gasteiger partial charge in [0, 0.05) is 12.1 Å². The van der Waals surface area contributed by atoms with E-state index in [-0.39, 0.29) is 12.4 Å². The van der Waals surface area contributed by atoms with Crippen molar-refractivity contribution in [3.63, 3.8) is 0 Å². The number of carbonyl (C=O) groups is 1. The van der Waals surface area contributed by atoms with Crippen molar-refractivity contribution in [2.24, 2.45) is 0 Å². The summed E-state index contributed by atoms with van der Waals surface area (Å²) < 4.78 is 5.54. The molecule has 0 saturated carbocycles. The zero-order valence-corrected chi connectivity index (χ0v) is 13.9. The molecule has 23 heavy (non-hydrogen) atoms. The minimum atomic E-state index is -0.539. The number of hydrogen-bond acceptors (Lipinski definition) is 4. The van der Waals surface area contributed by atoms with E-state index in [0.29, 0.717) is 17.9 Å². The molecule has 0 spiro atoms. The van der Waals surface area contributed by atoms with Gasteiger partial charge in [-0.2, -0.15) is 0 Å². The molecule has 1 aromatic carbocycles. The molecule has 1 aliphatic rings. The molecule has 0 amide bonds. The SMILES string of the molecule is CC(=O)c1ccc(OC[C@@H](O)CNCCC2=CCCCC2)cc1. The van der Waals surface area contributed by atoms with Crippen LogP contribution in [0.25, 0.3) is 0 Å². The average Bonchev–Trinajstić information content (AvgIpc) is 2.58. The first-order valence-electron chi connectivity index (χ1n) is 8.45. The summed E-state index contributed by atoms with van der Waals surface area (Å²) in [6.45, 7) is 3.21. The Labute approximate surface area is 138 Å². The van der Waals surface area contributed by atoms with E-state index in [1.54, 1.807) is 29.8 Å². The fourth-order valence-corrected chi connectivity index (χ4v) is 2.69. The summed E-state index contributed by atoms with van der Waals surface area (Å²) in [6.07, 6.45) is 7.96. The molecule has 1 aliphatic carbocycles. The number of nitrogens with one attached hydrogen (secondary N) is 1. The smallest absolute Gasteiger partial charge is 0.159 e. The van der Waals surface area contributed by atoms with Gasteiger partial charge in [-0.3, -0.25) is 4.79 Å². The van der Waals surface area contributed by atoms with Crippen molar-refractivity contribution in [2.75, 3.05) is 19.7 Å². The molecule has 1 atom stereocenters. The second kappa shape index (κ2) is 9.48. The first kappa shape index (κ1) is 17.7. The summed E-state index contributed by atoms with van der Waals surface area (Å²) in [4.78, 5) is 11.2. The third kappa shape index (κ3) is 6.55. The largest absolute Gasteiger partial charge is 0.491 e. The number of carbonyl (C=O) groups excluding carboxylic acids is 1. The normalized spacial score (nSPS) is 15.8. The number of Topliss-reactive ketones (excluding diaryl/α,β-unsaturated/α-hetero) is 1. The highest BCUT2D eigenvalue weighted by molar-refractivity contribution is 5.94. The first-order chi connectivity index (χ1) is 11.1. The van der Waals surface area contributed by atoms with Crippen LogP contribution in [0.3, 0.4) is 0 Å². The summed E-state index contributed by atoms with van der Waals surface area (Å²) >= 11 is 0. The maximum Gasteiger partial charge on any atom is 0.159 e. The Balaban J connectivity index is 1.60. The van der Waals surface area contributed by atoms with E-state index in [4.69, 9.17) is 4.74 Å². The van der Waals surface area contributed by atoms with Gasteiger partial charge < -0.3 is 15.2 Å². The molecule has 0 radical (unpaired) electrons. The van der Waals surface area contributed by atoms with Crippen LogP contribution in [0.15, 0.2) is 35.9 Å². The molecule has 2 N–H and O–H groups in total. The fraction of sp³-hybridized carbons (Fsp3) is 0.526. The fourth-order valence-electron chi connectivity index (χ4n) is 2.69. The van der Waals surface area contributed by atoms with Gasteiger partial charge in [0.05, 0.1) is 0 Å². The lowest BCUT2D eigenvalue weighted by atomic mass is 9.97. The van der Waals surface area contributed by atoms with Crippen LogP contribution in [-0.2, 0) is 0 Å². The highest BCUT2D eigenvalue weighted by Crippen LogP contribution is 2.19. The first-order valence-corrected chi connectivity index (χ1v) is 8.45. The lowest BCUT2D eigenvalue weighted by molar-refractivity contribution is 0.101. The van der Waals surface area contributed by atoms with Crippen LogP contribution in [0, 0.1) is 0 Å². The van der Waals surface area contributed by atoms with Crippen molar-refractivity contribution in [3.05, 3.63) is 41.5 Å². The Morgan fingerprint density at radius 1 is 1.30 bits per heavy atom. The van der Waals surface area contributed by atoms with Gasteiger partial charge in [-0.05, 0) is 69.8 Å². The minimum Gasteiger partial charge on any atom is -0.491 e. The van der Waals surface area contributed by atoms with Crippen LogP contribution >= 0.6 is 0 Å². The van der Waals surface area contributed by atoms with E-state index < -0.39 is 6.10 Å². The van der Waals surface area contributed by atoms with Crippen LogP contribution in [0.5, 0.6) is 5.75 Å². The van der Waals surface area contributed by atoms with Crippen LogP contribution in [-0.4, -0.2) is 36.7 Å². The van der Waals surface area contributed by atoms with E-state index in [2.05, 4.69) is 11.4 Å². The van der Waals surface area contributed by atoms with Crippen molar-refractivity contribution < 1.29 is 14.6 Å². The molecule has 0 bridgehead atoms. The highest BCUT2D eigenvalue weighted by atomic mass is 16.5. The number of hydrogen-bond donors (Lipinski definition) is 2. The van der Waals surface area contributed by atoms with Crippen LogP contribution in [0.4, 0.5) is 0 Å². The van der Waals surface area contributed by atoms with Crippen molar-refractivity contribution in [1.82, 2.24) is 5.32 Å². The molecular formula is C19H27NO3. The van der Waals surface area contributed by atoms with Gasteiger partial charge in [-0.1, -0.05) is 11.6 Å². The topological polar surface area (TPSA) is 58.6 Å². The van der Waals surface area contributed by atoms with E-state index >= 15 is 0 Å². The molecule has 0 aromatic heterocycles. The Bertz CT molecular complexity index is 522. The predicted molar refractivity (Wildman–Crippen MR) is 92.0 cm³/mol. The zero-order chi connectivity index (χ0) is 16.5. The number of ether oxygens (including phenoxy) is 1. The highest BCUT2D eigenvalue weighted by Gasteiger charge is 2.07. The van der Waals surface area contributed by atoms with Gasteiger partial charge in [0.15, 0.2) is 5.78 Å². The van der Waals surface area contributed by atoms with Crippen LogP contribution in [0.1, 0.15) is 49.4 Å². The third-order valence-electron chi connectivity index (χ3n) is 4.09. The molecule has 0 saturated heterocycles. The van der Waals surface area contributed by atoms with Gasteiger partial charge in [0.25, 0.3) is 0 Å². The Morgan fingerprint density at radius 2 is 2.09 bits per heavy atom. The molecule has 1 aromatic rings. The lowest BCUT2D eigenvalue weighted by Crippen LogP contribution is -2.32. The van der Waals surface area contributed by atoms with Crippen molar-refractivity contribution >= 4 is 5.78 Å². The number of aliphatic hydroxyl groups is 1. The van der Waals surface area contributed by atoms with Gasteiger partial charge in [0.2, 0.25) is 0 Å². The Kier molecular flexibility index (Phi) is 7.30. The van der Waals surface area contributed by atoms with Gasteiger partial charge >= 0.3 is 0 Å². The number of ketones is 1. The van der Waals surface area contributed by atoms with Crippen LogP contribution < -0.4 is 10.1 Å². The molecular weight excluding hydrogens is 290 g/mol. The summed E-state index contributed by atoms with van der Waals surface area (Å²) in [7, 11) is 0. The van der Waals surface area contributed by atoms with E-state index in [0.717, 1.165) is 13.0 Å². The quantitative estimate of drug-likeness (QED) is 0.417. The van der Waals surface area contributed by atoms with Gasteiger partial charge in [-0.25, -0.2) is 0 Å². The maximum atomic E-state index is 11.2. The van der Waals surface area contributed by atoms with E-state index in [1.807, 2.05) is 0 Å². The molecule has 0 aliphatic heterocycles. The standard InChI is InChI=1S/C19H27NO3/c1-15(21)17-7-9-19(10-8-17)23-14-18(22)13-20-12-11-16-5-3-2-4-6-16/h5,7-10,18,20,22H,2-4,6,11-14H2,1H3/t18-/m0/s1. The Morgan fingerprint density at radius 3 is 2.74 bits per heavy atom. The molecule has 0 heterocycles. The zero-order valence-electron chi connectivity index (χ0n) is 13.9. The van der Waals surface area contributed by atoms with Gasteiger partial charge in [0.1, 0.15) is 18.5 Å². The average molecular weight is 317 g/mol. The molecule has 0 fully saturated rings. The minimum absolute atomic E-state index is 0.0360. The predicted octanol–water partition coefficient (Wildman–Crippen LogP) is 3.11. The number of rotatable bonds is 9. The van der Waals surface area contributed by atoms with Crippen molar-refractivity contribution in [3.8, 4) is 5.75 Å². The maximum absolute atomic E-state index is 11.2. The number of benzene rings is 1. The summed E-state index contributed by atoms with van der Waals surface area (Å²) in [5.74, 6) is 0.704. The van der Waals surface area contributed by atoms with Crippen molar-refractivity contribution in [1.29, 1.82) is 0 Å². The molecule has 2 rings (SSSR count). The van der Waals surface area contributed by atoms with Crippen molar-refractivity contribution in [2.45, 2.75) is 45.1 Å². The molecule has 4 heteroatoms. The number of allylic oxidation sites excluding steroid dienone is 1. The van der Waals surface area contributed by atoms with E-state index in [9.17, 15) is 9.90 Å². The molecule has 126 valence electrons. The lowest BCUT2D eigenvalue weighted by Gasteiger charge is -2.15. The summed E-state index contributed by atoms with van der Waals surface area (Å²) in [5.41, 5.74) is 2.21.